The standard InChI is InChI=1S/C12H19NO4/c14-11(9-3-6-17-7-4-9)13-5-1-2-10(8-13)12(15)16/h9-10H,1-8H2,(H,15,16)/t10-/m0/s1. The third-order valence-electron chi connectivity index (χ3n) is 3.65. The highest BCUT2D eigenvalue weighted by atomic mass is 16.5. The first-order valence-electron chi connectivity index (χ1n) is 6.28. The summed E-state index contributed by atoms with van der Waals surface area (Å²) in [5, 5.41) is 8.99. The van der Waals surface area contributed by atoms with Crippen molar-refractivity contribution >= 4 is 11.9 Å². The summed E-state index contributed by atoms with van der Waals surface area (Å²) in [7, 11) is 0. The number of hydrogen-bond acceptors (Lipinski definition) is 3. The molecule has 17 heavy (non-hydrogen) atoms. The summed E-state index contributed by atoms with van der Waals surface area (Å²) in [6.07, 6.45) is 3.03. The van der Waals surface area contributed by atoms with Crippen molar-refractivity contribution in [2.45, 2.75) is 25.7 Å². The third kappa shape index (κ3) is 2.97. The Balaban J connectivity index is 1.91. The Morgan fingerprint density at radius 2 is 1.82 bits per heavy atom. The molecule has 2 heterocycles. The molecule has 0 aliphatic carbocycles. The largest absolute Gasteiger partial charge is 0.481 e. The first-order chi connectivity index (χ1) is 8.18. The van der Waals surface area contributed by atoms with Gasteiger partial charge in [-0.15, -0.1) is 0 Å². The van der Waals surface area contributed by atoms with E-state index in [9.17, 15) is 9.59 Å². The molecule has 0 saturated carbocycles. The topological polar surface area (TPSA) is 66.8 Å². The highest BCUT2D eigenvalue weighted by Crippen LogP contribution is 2.22. The Morgan fingerprint density at radius 1 is 1.12 bits per heavy atom. The Hall–Kier alpha value is -1.10. The zero-order valence-corrected chi connectivity index (χ0v) is 9.93. The lowest BCUT2D eigenvalue weighted by Crippen LogP contribution is -2.45. The zero-order valence-electron chi connectivity index (χ0n) is 9.93. The minimum absolute atomic E-state index is 0.0382. The number of amides is 1. The van der Waals surface area contributed by atoms with E-state index in [1.54, 1.807) is 4.90 Å². The number of carbonyl (C=O) groups is 2. The summed E-state index contributed by atoms with van der Waals surface area (Å²) in [6, 6.07) is 0. The van der Waals surface area contributed by atoms with E-state index in [0.29, 0.717) is 32.7 Å². The fourth-order valence-electron chi connectivity index (χ4n) is 2.58. The van der Waals surface area contributed by atoms with Gasteiger partial charge in [0.2, 0.25) is 5.91 Å². The maximum absolute atomic E-state index is 12.2. The van der Waals surface area contributed by atoms with Gasteiger partial charge in [0.25, 0.3) is 0 Å². The van der Waals surface area contributed by atoms with Crippen LogP contribution in [0.25, 0.3) is 0 Å². The summed E-state index contributed by atoms with van der Waals surface area (Å²) in [4.78, 5) is 24.9. The smallest absolute Gasteiger partial charge is 0.308 e. The van der Waals surface area contributed by atoms with Crippen molar-refractivity contribution < 1.29 is 19.4 Å². The van der Waals surface area contributed by atoms with Crippen molar-refractivity contribution in [2.24, 2.45) is 11.8 Å². The molecule has 2 saturated heterocycles. The van der Waals surface area contributed by atoms with Crippen LogP contribution in [0.15, 0.2) is 0 Å². The number of piperidine rings is 1. The summed E-state index contributed by atoms with van der Waals surface area (Å²) in [6.45, 7) is 2.38. The van der Waals surface area contributed by atoms with E-state index < -0.39 is 5.97 Å². The van der Waals surface area contributed by atoms with Crippen LogP contribution in [0, 0.1) is 11.8 Å². The van der Waals surface area contributed by atoms with Crippen molar-refractivity contribution in [2.75, 3.05) is 26.3 Å². The lowest BCUT2D eigenvalue weighted by atomic mass is 9.94. The second-order valence-electron chi connectivity index (χ2n) is 4.85. The van der Waals surface area contributed by atoms with Crippen LogP contribution in [0.5, 0.6) is 0 Å². The second kappa shape index (κ2) is 5.49. The number of ether oxygens (including phenoxy) is 1. The van der Waals surface area contributed by atoms with Gasteiger partial charge in [0.1, 0.15) is 0 Å². The van der Waals surface area contributed by atoms with E-state index in [2.05, 4.69) is 0 Å². The second-order valence-corrected chi connectivity index (χ2v) is 4.85. The molecule has 2 fully saturated rings. The highest BCUT2D eigenvalue weighted by Gasteiger charge is 2.32. The van der Waals surface area contributed by atoms with Gasteiger partial charge < -0.3 is 14.7 Å². The lowest BCUT2D eigenvalue weighted by molar-refractivity contribution is -0.147. The van der Waals surface area contributed by atoms with Gasteiger partial charge in [-0.25, -0.2) is 0 Å². The number of rotatable bonds is 2. The Morgan fingerprint density at radius 3 is 2.47 bits per heavy atom. The van der Waals surface area contributed by atoms with Crippen LogP contribution in [0.2, 0.25) is 0 Å². The van der Waals surface area contributed by atoms with Crippen molar-refractivity contribution in [3.05, 3.63) is 0 Å². The van der Waals surface area contributed by atoms with Crippen LogP contribution >= 0.6 is 0 Å². The number of hydrogen-bond donors (Lipinski definition) is 1. The summed E-state index contributed by atoms with van der Waals surface area (Å²) in [5.74, 6) is -1.00. The van der Waals surface area contributed by atoms with Crippen LogP contribution in [0.3, 0.4) is 0 Å². The van der Waals surface area contributed by atoms with Gasteiger partial charge >= 0.3 is 5.97 Å². The molecule has 5 nitrogen and oxygen atoms in total. The van der Waals surface area contributed by atoms with Crippen molar-refractivity contribution in [3.8, 4) is 0 Å². The maximum atomic E-state index is 12.2. The molecule has 0 aromatic carbocycles. The van der Waals surface area contributed by atoms with Gasteiger partial charge in [-0.05, 0) is 25.7 Å². The monoisotopic (exact) mass is 241 g/mol. The summed E-state index contributed by atoms with van der Waals surface area (Å²) >= 11 is 0. The SMILES string of the molecule is O=C(O)[C@H]1CCCN(C(=O)C2CCOCC2)C1. The molecule has 0 aromatic rings. The average Bonchev–Trinajstić information content (AvgIpc) is 2.39. The molecular weight excluding hydrogens is 222 g/mol. The van der Waals surface area contributed by atoms with Crippen molar-refractivity contribution in [3.63, 3.8) is 0 Å². The molecule has 0 unspecified atom stereocenters. The fourth-order valence-corrected chi connectivity index (χ4v) is 2.58. The molecule has 2 rings (SSSR count). The molecule has 0 bridgehead atoms. The predicted molar refractivity (Wildman–Crippen MR) is 60.5 cm³/mol. The molecular formula is C12H19NO4. The van der Waals surface area contributed by atoms with Gasteiger partial charge in [0, 0.05) is 32.2 Å². The lowest BCUT2D eigenvalue weighted by Gasteiger charge is -2.34. The van der Waals surface area contributed by atoms with Gasteiger partial charge in [-0.3, -0.25) is 9.59 Å². The number of likely N-dealkylation sites (tertiary alicyclic amines) is 1. The Kier molecular flexibility index (Phi) is 3.99. The molecule has 2 aliphatic heterocycles. The first-order valence-corrected chi connectivity index (χ1v) is 6.28. The van der Waals surface area contributed by atoms with Crippen LogP contribution in [-0.4, -0.2) is 48.2 Å². The minimum atomic E-state index is -0.783. The van der Waals surface area contributed by atoms with E-state index in [-0.39, 0.29) is 17.7 Å². The molecule has 96 valence electrons. The normalized spacial score (nSPS) is 26.8. The summed E-state index contributed by atoms with van der Waals surface area (Å²) in [5.41, 5.74) is 0. The van der Waals surface area contributed by atoms with Gasteiger partial charge in [-0.1, -0.05) is 0 Å². The molecule has 1 N–H and O–H groups in total. The number of carboxylic acid groups (broad SMARTS) is 1. The predicted octanol–water partition coefficient (Wildman–Crippen LogP) is 0.736. The van der Waals surface area contributed by atoms with Crippen molar-refractivity contribution in [1.29, 1.82) is 0 Å². The first kappa shape index (κ1) is 12.4. The zero-order chi connectivity index (χ0) is 12.3. The van der Waals surface area contributed by atoms with Crippen molar-refractivity contribution in [1.82, 2.24) is 4.90 Å². The quantitative estimate of drug-likeness (QED) is 0.774. The molecule has 0 spiro atoms. The third-order valence-corrected chi connectivity index (χ3v) is 3.65. The maximum Gasteiger partial charge on any atom is 0.308 e. The molecule has 1 atom stereocenters. The van der Waals surface area contributed by atoms with Gasteiger partial charge in [0.05, 0.1) is 5.92 Å². The van der Waals surface area contributed by atoms with E-state index >= 15 is 0 Å². The number of carboxylic acids is 1. The van der Waals surface area contributed by atoms with Crippen LogP contribution in [0.1, 0.15) is 25.7 Å². The van der Waals surface area contributed by atoms with E-state index in [0.717, 1.165) is 19.3 Å². The van der Waals surface area contributed by atoms with E-state index in [1.807, 2.05) is 0 Å². The molecule has 0 radical (unpaired) electrons. The highest BCUT2D eigenvalue weighted by molar-refractivity contribution is 5.80. The van der Waals surface area contributed by atoms with Crippen LogP contribution in [-0.2, 0) is 14.3 Å². The number of aliphatic carboxylic acids is 1. The molecule has 2 aliphatic rings. The van der Waals surface area contributed by atoms with E-state index in [4.69, 9.17) is 9.84 Å². The summed E-state index contributed by atoms with van der Waals surface area (Å²) < 4.78 is 5.23. The van der Waals surface area contributed by atoms with Gasteiger partial charge in [0.15, 0.2) is 0 Å². The van der Waals surface area contributed by atoms with Crippen LogP contribution < -0.4 is 0 Å². The van der Waals surface area contributed by atoms with Gasteiger partial charge in [-0.2, -0.15) is 0 Å². The molecule has 1 amide bonds. The number of nitrogens with zero attached hydrogens (tertiary/aromatic N) is 1. The Bertz CT molecular complexity index is 299. The molecule has 5 heteroatoms. The Labute approximate surface area is 101 Å². The minimum Gasteiger partial charge on any atom is -0.481 e. The van der Waals surface area contributed by atoms with Crippen LogP contribution in [0.4, 0.5) is 0 Å². The fraction of sp³-hybridized carbons (Fsp3) is 0.833. The number of carbonyl (C=O) groups excluding carboxylic acids is 1. The average molecular weight is 241 g/mol. The van der Waals surface area contributed by atoms with E-state index in [1.165, 1.54) is 0 Å². The molecule has 0 aromatic heterocycles.